The minimum absolute atomic E-state index is 0.214. The Balaban J connectivity index is 1.68. The summed E-state index contributed by atoms with van der Waals surface area (Å²) in [4.78, 5) is 15.1. The number of carbonyl (C=O) groups excluding carboxylic acids is 1. The number of amides is 1. The molecule has 29 heavy (non-hydrogen) atoms. The normalized spacial score (nSPS) is 15.2. The first-order valence-electron chi connectivity index (χ1n) is 9.87. The van der Waals surface area contributed by atoms with Crippen LogP contribution >= 0.6 is 0 Å². The van der Waals surface area contributed by atoms with Gasteiger partial charge in [0.05, 0.1) is 4.90 Å². The van der Waals surface area contributed by atoms with E-state index in [1.165, 1.54) is 12.8 Å². The first kappa shape index (κ1) is 21.3. The van der Waals surface area contributed by atoms with E-state index in [-0.39, 0.29) is 16.8 Å². The van der Waals surface area contributed by atoms with Crippen molar-refractivity contribution in [2.45, 2.75) is 50.6 Å². The predicted octanol–water partition coefficient (Wildman–Crippen LogP) is 3.32. The maximum atomic E-state index is 12.8. The molecule has 0 aliphatic heterocycles. The Kier molecular flexibility index (Phi) is 6.29. The van der Waals surface area contributed by atoms with Gasteiger partial charge >= 0.3 is 0 Å². The van der Waals surface area contributed by atoms with E-state index >= 15 is 0 Å². The third kappa shape index (κ3) is 5.36. The summed E-state index contributed by atoms with van der Waals surface area (Å²) in [6, 6.07) is 12.7. The molecule has 6 nitrogen and oxygen atoms in total. The van der Waals surface area contributed by atoms with Crippen LogP contribution < -0.4 is 10.0 Å². The molecule has 1 amide bonds. The van der Waals surface area contributed by atoms with Crippen LogP contribution in [0.25, 0.3) is 0 Å². The number of hydrogen-bond acceptors (Lipinski definition) is 4. The van der Waals surface area contributed by atoms with E-state index in [0.717, 1.165) is 5.56 Å². The van der Waals surface area contributed by atoms with E-state index in [4.69, 9.17) is 0 Å². The Morgan fingerprint density at radius 1 is 1.17 bits per heavy atom. The van der Waals surface area contributed by atoms with Gasteiger partial charge in [-0.3, -0.25) is 14.4 Å². The number of nitrogens with zero attached hydrogens (tertiary/aromatic N) is 1. The highest BCUT2D eigenvalue weighted by Gasteiger charge is 2.29. The lowest BCUT2D eigenvalue weighted by Gasteiger charge is -2.24. The summed E-state index contributed by atoms with van der Waals surface area (Å²) in [6.07, 6.45) is 2.44. The van der Waals surface area contributed by atoms with Crippen molar-refractivity contribution in [2.24, 2.45) is 0 Å². The molecule has 3 rings (SSSR count). The quantitative estimate of drug-likeness (QED) is 0.693. The van der Waals surface area contributed by atoms with Gasteiger partial charge in [0.2, 0.25) is 0 Å². The van der Waals surface area contributed by atoms with Gasteiger partial charge < -0.3 is 5.32 Å². The van der Waals surface area contributed by atoms with Crippen molar-refractivity contribution >= 4 is 21.6 Å². The number of carbonyl (C=O) groups is 1. The lowest BCUT2D eigenvalue weighted by Crippen LogP contribution is -2.41. The maximum absolute atomic E-state index is 12.8. The number of hydrogen-bond donors (Lipinski definition) is 2. The Bertz CT molecular complexity index is 1000. The van der Waals surface area contributed by atoms with Crippen molar-refractivity contribution < 1.29 is 13.2 Å². The summed E-state index contributed by atoms with van der Waals surface area (Å²) in [7, 11) is -1.66. The fraction of sp³-hybridized carbons (Fsp3) is 0.409. The van der Waals surface area contributed by atoms with Crippen molar-refractivity contribution in [1.29, 1.82) is 0 Å². The zero-order chi connectivity index (χ0) is 21.2. The lowest BCUT2D eigenvalue weighted by atomic mass is 10.2. The summed E-state index contributed by atoms with van der Waals surface area (Å²) in [5, 5.41) is 2.94. The highest BCUT2D eigenvalue weighted by Crippen LogP contribution is 2.26. The molecule has 0 heterocycles. The molecule has 7 heteroatoms. The summed E-state index contributed by atoms with van der Waals surface area (Å²) in [5.41, 5.74) is 2.33. The second kappa shape index (κ2) is 8.55. The summed E-state index contributed by atoms with van der Waals surface area (Å²) in [5.74, 6) is -0.214. The van der Waals surface area contributed by atoms with Gasteiger partial charge in [-0.1, -0.05) is 18.2 Å². The Labute approximate surface area is 173 Å². The number of aryl methyl sites for hydroxylation is 2. The Hall–Kier alpha value is -2.38. The molecular formula is C22H29N3O3S. The molecule has 0 aromatic heterocycles. The van der Waals surface area contributed by atoms with Crippen LogP contribution in [-0.2, 0) is 10.0 Å². The molecule has 1 fully saturated rings. The molecule has 2 aromatic carbocycles. The molecule has 0 saturated heterocycles. The number of anilines is 1. The number of rotatable bonds is 8. The maximum Gasteiger partial charge on any atom is 0.262 e. The Morgan fingerprint density at radius 3 is 2.59 bits per heavy atom. The largest absolute Gasteiger partial charge is 0.350 e. The van der Waals surface area contributed by atoms with Gasteiger partial charge in [-0.15, -0.1) is 0 Å². The minimum atomic E-state index is -3.74. The monoisotopic (exact) mass is 415 g/mol. The van der Waals surface area contributed by atoms with Gasteiger partial charge in [-0.05, 0) is 76.1 Å². The molecule has 0 spiro atoms. The van der Waals surface area contributed by atoms with Crippen LogP contribution in [0.4, 0.5) is 5.69 Å². The fourth-order valence-electron chi connectivity index (χ4n) is 3.26. The summed E-state index contributed by atoms with van der Waals surface area (Å²) >= 11 is 0. The fourth-order valence-corrected chi connectivity index (χ4v) is 4.64. The van der Waals surface area contributed by atoms with E-state index in [9.17, 15) is 13.2 Å². The van der Waals surface area contributed by atoms with Gasteiger partial charge in [0.25, 0.3) is 15.9 Å². The number of sulfonamides is 1. The Morgan fingerprint density at radius 2 is 1.90 bits per heavy atom. The smallest absolute Gasteiger partial charge is 0.262 e. The van der Waals surface area contributed by atoms with Crippen LogP contribution in [0.3, 0.4) is 0 Å². The van der Waals surface area contributed by atoms with E-state index in [1.54, 1.807) is 43.3 Å². The third-order valence-electron chi connectivity index (χ3n) is 5.39. The topological polar surface area (TPSA) is 78.5 Å². The van der Waals surface area contributed by atoms with Gasteiger partial charge in [-0.2, -0.15) is 0 Å². The first-order chi connectivity index (χ1) is 13.7. The van der Waals surface area contributed by atoms with Crippen LogP contribution in [0.1, 0.15) is 41.3 Å². The first-order valence-corrected chi connectivity index (χ1v) is 11.4. The molecule has 1 aliphatic rings. The van der Waals surface area contributed by atoms with Crippen LogP contribution in [0.5, 0.6) is 0 Å². The zero-order valence-corrected chi connectivity index (χ0v) is 18.2. The molecule has 1 atom stereocenters. The number of benzene rings is 2. The van der Waals surface area contributed by atoms with E-state index < -0.39 is 10.0 Å². The molecule has 2 aromatic rings. The minimum Gasteiger partial charge on any atom is -0.350 e. The molecule has 1 saturated carbocycles. The molecule has 0 radical (unpaired) electrons. The van der Waals surface area contributed by atoms with Crippen LogP contribution in [0.2, 0.25) is 0 Å². The average molecular weight is 416 g/mol. The second-order valence-corrected chi connectivity index (χ2v) is 9.56. The van der Waals surface area contributed by atoms with Crippen molar-refractivity contribution in [2.75, 3.05) is 18.3 Å². The number of likely N-dealkylation sites (N-methyl/N-ethyl adjacent to an activating group) is 1. The summed E-state index contributed by atoms with van der Waals surface area (Å²) in [6.45, 7) is 6.25. The van der Waals surface area contributed by atoms with Crippen LogP contribution in [0, 0.1) is 13.8 Å². The summed E-state index contributed by atoms with van der Waals surface area (Å²) < 4.78 is 28.2. The van der Waals surface area contributed by atoms with Crippen LogP contribution in [-0.4, -0.2) is 44.9 Å². The van der Waals surface area contributed by atoms with Gasteiger partial charge in [0, 0.05) is 29.9 Å². The van der Waals surface area contributed by atoms with Crippen molar-refractivity contribution in [3.05, 3.63) is 59.2 Å². The SMILES string of the molecule is Cc1ccc(C)c(S(=O)(=O)Nc2cccc(C(=O)NCC(C)N(C)C3CC3)c2)c1. The molecular weight excluding hydrogens is 386 g/mol. The molecule has 1 aliphatic carbocycles. The van der Waals surface area contributed by atoms with Gasteiger partial charge in [0.1, 0.15) is 0 Å². The molecule has 2 N–H and O–H groups in total. The lowest BCUT2D eigenvalue weighted by molar-refractivity contribution is 0.0939. The molecule has 0 bridgehead atoms. The molecule has 1 unspecified atom stereocenters. The van der Waals surface area contributed by atoms with E-state index in [1.807, 2.05) is 13.0 Å². The second-order valence-electron chi connectivity index (χ2n) is 7.91. The van der Waals surface area contributed by atoms with Gasteiger partial charge in [0.15, 0.2) is 0 Å². The predicted molar refractivity (Wildman–Crippen MR) is 116 cm³/mol. The zero-order valence-electron chi connectivity index (χ0n) is 17.4. The van der Waals surface area contributed by atoms with E-state index in [0.29, 0.717) is 29.4 Å². The van der Waals surface area contributed by atoms with Crippen molar-refractivity contribution in [1.82, 2.24) is 10.2 Å². The average Bonchev–Trinajstić information content (AvgIpc) is 3.52. The van der Waals surface area contributed by atoms with Gasteiger partial charge in [-0.25, -0.2) is 8.42 Å². The highest BCUT2D eigenvalue weighted by atomic mass is 32.2. The number of nitrogens with one attached hydrogen (secondary N) is 2. The third-order valence-corrected chi connectivity index (χ3v) is 6.91. The van der Waals surface area contributed by atoms with Crippen LogP contribution in [0.15, 0.2) is 47.4 Å². The standard InChI is InChI=1S/C22H29N3O3S/c1-15-8-9-16(2)21(12-15)29(27,28)24-19-7-5-6-18(13-19)22(26)23-14-17(3)25(4)20-10-11-20/h5-9,12-13,17,20,24H,10-11,14H2,1-4H3,(H,23,26). The van der Waals surface area contributed by atoms with Crippen molar-refractivity contribution in [3.8, 4) is 0 Å². The highest BCUT2D eigenvalue weighted by molar-refractivity contribution is 7.92. The molecule has 156 valence electrons. The van der Waals surface area contributed by atoms with Crippen molar-refractivity contribution in [3.63, 3.8) is 0 Å². The van der Waals surface area contributed by atoms with E-state index in [2.05, 4.69) is 28.9 Å².